The van der Waals surface area contributed by atoms with Crippen molar-refractivity contribution in [2.75, 3.05) is 6.54 Å². The molecule has 2 heterocycles. The molecule has 0 fully saturated rings. The van der Waals surface area contributed by atoms with Crippen molar-refractivity contribution >= 4 is 16.8 Å². The van der Waals surface area contributed by atoms with E-state index in [1.807, 2.05) is 10.6 Å². The topological polar surface area (TPSA) is 57.8 Å². The highest BCUT2D eigenvalue weighted by Gasteiger charge is 2.21. The summed E-state index contributed by atoms with van der Waals surface area (Å²) in [7, 11) is 0. The molecule has 118 valence electrons. The van der Waals surface area contributed by atoms with Crippen LogP contribution in [0.15, 0.2) is 42.5 Å². The molecular formula is C19H14FN3O. The molecule has 1 N–H and O–H groups in total. The van der Waals surface area contributed by atoms with Crippen LogP contribution in [0, 0.1) is 17.1 Å². The lowest BCUT2D eigenvalue weighted by Gasteiger charge is -2.11. The molecule has 24 heavy (non-hydrogen) atoms. The summed E-state index contributed by atoms with van der Waals surface area (Å²) in [6, 6.07) is 13.8. The molecular weight excluding hydrogens is 305 g/mol. The van der Waals surface area contributed by atoms with E-state index in [4.69, 9.17) is 0 Å². The molecule has 1 amide bonds. The number of nitrogens with zero attached hydrogens (tertiary/aromatic N) is 2. The smallest absolute Gasteiger partial charge is 0.267 e. The van der Waals surface area contributed by atoms with Crippen molar-refractivity contribution in [2.24, 2.45) is 0 Å². The molecule has 4 rings (SSSR count). The van der Waals surface area contributed by atoms with Gasteiger partial charge < -0.3 is 9.88 Å². The molecule has 1 aliphatic rings. The van der Waals surface area contributed by atoms with E-state index in [9.17, 15) is 14.4 Å². The molecule has 0 saturated heterocycles. The lowest BCUT2D eigenvalue weighted by molar-refractivity contribution is 0.0951. The average Bonchev–Trinajstić information content (AvgIpc) is 2.87. The number of hydrogen-bond acceptors (Lipinski definition) is 2. The zero-order chi connectivity index (χ0) is 16.7. The van der Waals surface area contributed by atoms with Crippen molar-refractivity contribution in [2.45, 2.75) is 13.0 Å². The van der Waals surface area contributed by atoms with Crippen LogP contribution in [0.3, 0.4) is 0 Å². The van der Waals surface area contributed by atoms with Crippen molar-refractivity contribution in [3.05, 3.63) is 59.5 Å². The minimum Gasteiger partial charge on any atom is -0.351 e. The number of aryl methyl sites for hydroxylation is 1. The number of benzene rings is 2. The number of nitriles is 1. The van der Waals surface area contributed by atoms with E-state index in [1.165, 1.54) is 12.1 Å². The first-order chi connectivity index (χ1) is 11.7. The third-order valence-corrected chi connectivity index (χ3v) is 4.35. The lowest BCUT2D eigenvalue weighted by Crippen LogP contribution is -2.22. The molecule has 0 unspecified atom stereocenters. The summed E-state index contributed by atoms with van der Waals surface area (Å²) < 4.78 is 15.3. The van der Waals surface area contributed by atoms with Crippen molar-refractivity contribution in [3.8, 4) is 17.2 Å². The Morgan fingerprint density at radius 1 is 1.17 bits per heavy atom. The van der Waals surface area contributed by atoms with Gasteiger partial charge in [-0.3, -0.25) is 4.79 Å². The summed E-state index contributed by atoms with van der Waals surface area (Å²) >= 11 is 0. The van der Waals surface area contributed by atoms with Gasteiger partial charge in [-0.05, 0) is 42.3 Å². The first-order valence-electron chi connectivity index (χ1n) is 7.79. The predicted molar refractivity (Wildman–Crippen MR) is 89.0 cm³/mol. The van der Waals surface area contributed by atoms with Crippen LogP contribution in [-0.2, 0) is 6.54 Å². The average molecular weight is 319 g/mol. The molecule has 1 aromatic heterocycles. The third-order valence-electron chi connectivity index (χ3n) is 4.35. The van der Waals surface area contributed by atoms with Crippen molar-refractivity contribution < 1.29 is 9.18 Å². The Bertz CT molecular complexity index is 996. The van der Waals surface area contributed by atoms with Gasteiger partial charge in [-0.2, -0.15) is 5.26 Å². The van der Waals surface area contributed by atoms with Crippen LogP contribution in [0.5, 0.6) is 0 Å². The molecule has 2 aromatic carbocycles. The number of rotatable bonds is 1. The molecule has 0 radical (unpaired) electrons. The van der Waals surface area contributed by atoms with Crippen LogP contribution in [0.4, 0.5) is 4.39 Å². The van der Waals surface area contributed by atoms with Crippen molar-refractivity contribution in [3.63, 3.8) is 0 Å². The number of halogens is 1. The minimum atomic E-state index is -0.306. The maximum atomic E-state index is 13.3. The quantitative estimate of drug-likeness (QED) is 0.747. The van der Waals surface area contributed by atoms with Crippen LogP contribution >= 0.6 is 0 Å². The summed E-state index contributed by atoms with van der Waals surface area (Å²) in [6.45, 7) is 1.36. The monoisotopic (exact) mass is 319 g/mol. The van der Waals surface area contributed by atoms with Gasteiger partial charge in [0.2, 0.25) is 0 Å². The lowest BCUT2D eigenvalue weighted by atomic mass is 10.00. The number of carbonyl (C=O) groups is 1. The van der Waals surface area contributed by atoms with Crippen LogP contribution in [0.2, 0.25) is 0 Å². The summed E-state index contributed by atoms with van der Waals surface area (Å²) in [6.07, 6.45) is 0.839. The molecule has 0 bridgehead atoms. The van der Waals surface area contributed by atoms with Crippen LogP contribution in [-0.4, -0.2) is 17.0 Å². The van der Waals surface area contributed by atoms with Crippen molar-refractivity contribution in [1.29, 1.82) is 5.26 Å². The van der Waals surface area contributed by atoms with Gasteiger partial charge in [0, 0.05) is 24.0 Å². The highest BCUT2D eigenvalue weighted by Crippen LogP contribution is 2.33. The largest absolute Gasteiger partial charge is 0.351 e. The van der Waals surface area contributed by atoms with Gasteiger partial charge in [-0.15, -0.1) is 0 Å². The zero-order valence-electron chi connectivity index (χ0n) is 12.8. The molecule has 4 nitrogen and oxygen atoms in total. The number of hydrogen-bond donors (Lipinski definition) is 1. The summed E-state index contributed by atoms with van der Waals surface area (Å²) in [5.74, 6) is -0.410. The Morgan fingerprint density at radius 2 is 1.96 bits per heavy atom. The van der Waals surface area contributed by atoms with Gasteiger partial charge in [-0.1, -0.05) is 12.1 Å². The maximum Gasteiger partial charge on any atom is 0.267 e. The van der Waals surface area contributed by atoms with Gasteiger partial charge in [0.1, 0.15) is 11.5 Å². The van der Waals surface area contributed by atoms with E-state index >= 15 is 0 Å². The van der Waals surface area contributed by atoms with E-state index in [2.05, 4.69) is 11.4 Å². The normalized spacial score (nSPS) is 13.9. The predicted octanol–water partition coefficient (Wildman–Crippen LogP) is 3.45. The second-order valence-electron chi connectivity index (χ2n) is 5.87. The second-order valence-corrected chi connectivity index (χ2v) is 5.87. The highest BCUT2D eigenvalue weighted by molar-refractivity contribution is 6.03. The Hall–Kier alpha value is -3.13. The van der Waals surface area contributed by atoms with Crippen LogP contribution in [0.1, 0.15) is 22.5 Å². The number of fused-ring (bicyclic) bond motifs is 3. The van der Waals surface area contributed by atoms with Gasteiger partial charge in [-0.25, -0.2) is 4.39 Å². The van der Waals surface area contributed by atoms with Crippen molar-refractivity contribution in [1.82, 2.24) is 9.88 Å². The fourth-order valence-corrected chi connectivity index (χ4v) is 3.28. The number of amides is 1. The molecule has 1 aliphatic heterocycles. The van der Waals surface area contributed by atoms with E-state index in [0.717, 1.165) is 35.0 Å². The van der Waals surface area contributed by atoms with Crippen LogP contribution < -0.4 is 5.32 Å². The molecule has 5 heteroatoms. The molecule has 0 spiro atoms. The number of carbonyl (C=O) groups excluding carboxylic acids is 1. The highest BCUT2D eigenvalue weighted by atomic mass is 19.1. The van der Waals surface area contributed by atoms with E-state index in [0.29, 0.717) is 17.8 Å². The first-order valence-corrected chi connectivity index (χ1v) is 7.79. The minimum absolute atomic E-state index is 0.104. The zero-order valence-corrected chi connectivity index (χ0v) is 12.8. The Balaban J connectivity index is 2.06. The summed E-state index contributed by atoms with van der Waals surface area (Å²) in [5.41, 5.74) is 3.69. The molecule has 0 aliphatic carbocycles. The first kappa shape index (κ1) is 14.5. The van der Waals surface area contributed by atoms with Gasteiger partial charge in [0.15, 0.2) is 0 Å². The SMILES string of the molecule is N#Cc1cc(-c2ccc(F)cc2)c2c(c1)cc1n2CCCNC1=O. The standard InChI is InChI=1S/C19H14FN3O/c20-15-4-2-13(3-5-15)16-9-12(11-21)8-14-10-17-19(24)22-6-1-7-23(17)18(14)16/h2-5,8-10H,1,6-7H2,(H,22,24). The van der Waals surface area contributed by atoms with E-state index in [1.54, 1.807) is 24.3 Å². The maximum absolute atomic E-state index is 13.3. The second kappa shape index (κ2) is 5.50. The third kappa shape index (κ3) is 2.24. The number of aromatic nitrogens is 1. The van der Waals surface area contributed by atoms with Gasteiger partial charge in [0.25, 0.3) is 5.91 Å². The Morgan fingerprint density at radius 3 is 2.71 bits per heavy atom. The molecule has 0 atom stereocenters. The Kier molecular flexibility index (Phi) is 3.31. The van der Waals surface area contributed by atoms with Gasteiger partial charge >= 0.3 is 0 Å². The summed E-state index contributed by atoms with van der Waals surface area (Å²) in [5, 5.41) is 13.0. The number of nitrogens with one attached hydrogen (secondary N) is 1. The molecule has 3 aromatic rings. The van der Waals surface area contributed by atoms with E-state index < -0.39 is 0 Å². The van der Waals surface area contributed by atoms with E-state index in [-0.39, 0.29) is 11.7 Å². The fourth-order valence-electron chi connectivity index (χ4n) is 3.28. The molecule has 0 saturated carbocycles. The van der Waals surface area contributed by atoms with Gasteiger partial charge in [0.05, 0.1) is 17.1 Å². The Labute approximate surface area is 138 Å². The van der Waals surface area contributed by atoms with Crippen LogP contribution in [0.25, 0.3) is 22.0 Å². The summed E-state index contributed by atoms with van der Waals surface area (Å²) in [4.78, 5) is 12.3. The fraction of sp³-hybridized carbons (Fsp3) is 0.158.